The molecule has 0 amide bonds. The maximum absolute atomic E-state index is 13.3. The summed E-state index contributed by atoms with van der Waals surface area (Å²) in [5.74, 6) is 0.154. The van der Waals surface area contributed by atoms with Crippen molar-refractivity contribution in [3.8, 4) is 0 Å². The average molecular weight is 543 g/mol. The minimum atomic E-state index is -0.577. The molecule has 0 aliphatic rings. The summed E-state index contributed by atoms with van der Waals surface area (Å²) in [6, 6.07) is 11.3. The van der Waals surface area contributed by atoms with Crippen molar-refractivity contribution >= 4 is 5.97 Å². The lowest BCUT2D eigenvalue weighted by Gasteiger charge is -2.58. The van der Waals surface area contributed by atoms with Crippen LogP contribution >= 0.6 is 0 Å². The lowest BCUT2D eigenvalue weighted by Crippen LogP contribution is -2.52. The molecule has 1 N–H and O–H groups in total. The molecule has 1 aromatic carbocycles. The van der Waals surface area contributed by atoms with Gasteiger partial charge in [-0.1, -0.05) is 132 Å². The van der Waals surface area contributed by atoms with Gasteiger partial charge in [0.1, 0.15) is 0 Å². The van der Waals surface area contributed by atoms with Crippen LogP contribution in [0.25, 0.3) is 0 Å². The summed E-state index contributed by atoms with van der Waals surface area (Å²) < 4.78 is 0. The Morgan fingerprint density at radius 1 is 0.692 bits per heavy atom. The molecule has 2 unspecified atom stereocenters. The molecular weight excluding hydrogens is 476 g/mol. The third-order valence-electron chi connectivity index (χ3n) is 12.6. The predicted molar refractivity (Wildman–Crippen MR) is 171 cm³/mol. The maximum atomic E-state index is 13.3. The Hall–Kier alpha value is -1.31. The van der Waals surface area contributed by atoms with Gasteiger partial charge in [-0.25, -0.2) is 0 Å². The van der Waals surface area contributed by atoms with E-state index in [4.69, 9.17) is 0 Å². The average Bonchev–Trinajstić information content (AvgIpc) is 2.98. The highest BCUT2D eigenvalue weighted by Crippen LogP contribution is 2.64. The fourth-order valence-corrected chi connectivity index (χ4v) is 9.29. The van der Waals surface area contributed by atoms with Crippen molar-refractivity contribution in [3.63, 3.8) is 0 Å². The first-order valence-corrected chi connectivity index (χ1v) is 16.8. The van der Waals surface area contributed by atoms with Crippen LogP contribution in [0.15, 0.2) is 30.3 Å². The number of aliphatic carboxylic acids is 1. The van der Waals surface area contributed by atoms with Crippen molar-refractivity contribution in [3.05, 3.63) is 35.9 Å². The Bertz CT molecular complexity index is 805. The van der Waals surface area contributed by atoms with E-state index in [0.717, 1.165) is 64.2 Å². The summed E-state index contributed by atoms with van der Waals surface area (Å²) in [5.41, 5.74) is 1.41. The third kappa shape index (κ3) is 6.95. The minimum Gasteiger partial charge on any atom is -0.481 e. The smallest absolute Gasteiger partial charge is 0.307 e. The fourth-order valence-electron chi connectivity index (χ4n) is 9.29. The van der Waals surface area contributed by atoms with Crippen LogP contribution in [-0.4, -0.2) is 11.1 Å². The summed E-state index contributed by atoms with van der Waals surface area (Å²) in [6.45, 7) is 25.7. The van der Waals surface area contributed by atoms with Crippen molar-refractivity contribution in [2.24, 2.45) is 33.5 Å². The van der Waals surface area contributed by atoms with E-state index in [-0.39, 0.29) is 27.6 Å². The van der Waals surface area contributed by atoms with Crippen molar-refractivity contribution in [2.45, 2.75) is 159 Å². The highest BCUT2D eigenvalue weighted by molar-refractivity contribution is 5.71. The summed E-state index contributed by atoms with van der Waals surface area (Å²) in [6.07, 6.45) is 12.5. The Morgan fingerprint density at radius 2 is 1.18 bits per heavy atom. The monoisotopic (exact) mass is 543 g/mol. The van der Waals surface area contributed by atoms with Crippen LogP contribution in [0.5, 0.6) is 0 Å². The van der Waals surface area contributed by atoms with Gasteiger partial charge in [0, 0.05) is 0 Å². The molecule has 226 valence electrons. The SMILES string of the molecule is CCC(CC)C(CC)(CC)C(CC(CC)(CC)C(CC)(CC)C(CC(C)(CC)CC)C(=O)O)c1ccccc1. The molecule has 1 rings (SSSR count). The van der Waals surface area contributed by atoms with Crippen LogP contribution in [0.1, 0.15) is 165 Å². The van der Waals surface area contributed by atoms with E-state index < -0.39 is 5.97 Å². The first kappa shape index (κ1) is 35.7. The minimum absolute atomic E-state index is 0.0515. The number of carboxylic acid groups (broad SMARTS) is 1. The Balaban J connectivity index is 4.02. The van der Waals surface area contributed by atoms with Gasteiger partial charge in [0.2, 0.25) is 0 Å². The first-order valence-electron chi connectivity index (χ1n) is 16.8. The Labute approximate surface area is 244 Å². The van der Waals surface area contributed by atoms with Crippen LogP contribution in [0.2, 0.25) is 0 Å². The molecule has 0 saturated carbocycles. The van der Waals surface area contributed by atoms with Gasteiger partial charge in [-0.3, -0.25) is 4.79 Å². The van der Waals surface area contributed by atoms with E-state index in [1.165, 1.54) is 18.4 Å². The largest absolute Gasteiger partial charge is 0.481 e. The van der Waals surface area contributed by atoms with Gasteiger partial charge in [-0.05, 0) is 90.4 Å². The molecule has 0 heterocycles. The summed E-state index contributed by atoms with van der Waals surface area (Å²) in [5, 5.41) is 10.9. The molecule has 2 atom stereocenters. The molecule has 1 aromatic rings. The first-order chi connectivity index (χ1) is 18.5. The van der Waals surface area contributed by atoms with Crippen LogP contribution < -0.4 is 0 Å². The second-order valence-electron chi connectivity index (χ2n) is 13.1. The number of hydrogen-bond acceptors (Lipinski definition) is 1. The van der Waals surface area contributed by atoms with Crippen LogP contribution in [-0.2, 0) is 4.79 Å². The third-order valence-corrected chi connectivity index (χ3v) is 12.6. The van der Waals surface area contributed by atoms with E-state index in [2.05, 4.69) is 106 Å². The Kier molecular flexibility index (Phi) is 14.3. The van der Waals surface area contributed by atoms with Gasteiger partial charge >= 0.3 is 5.97 Å². The molecule has 0 bridgehead atoms. The fraction of sp³-hybridized carbons (Fsp3) is 0.811. The Morgan fingerprint density at radius 3 is 1.51 bits per heavy atom. The standard InChI is InChI=1S/C37H66O2/c1-12-30(13-2)36(18-7,19-8)31(29-25-23-22-24-26-29)28-35(16-5,17-6)37(20-9,21-10)32(33(38)39)27-34(11,14-3)15-4/h22-26,30-32H,12-21,27-28H2,1-11H3,(H,38,39). The molecule has 0 saturated heterocycles. The predicted octanol–water partition coefficient (Wildman–Crippen LogP) is 11.9. The van der Waals surface area contributed by atoms with Crippen molar-refractivity contribution in [2.75, 3.05) is 0 Å². The van der Waals surface area contributed by atoms with Crippen molar-refractivity contribution in [1.29, 1.82) is 0 Å². The zero-order chi connectivity index (χ0) is 29.9. The number of benzene rings is 1. The molecule has 0 aromatic heterocycles. The van der Waals surface area contributed by atoms with E-state index in [1.807, 2.05) is 0 Å². The molecule has 2 nitrogen and oxygen atoms in total. The molecule has 0 fully saturated rings. The molecule has 0 radical (unpaired) electrons. The molecule has 39 heavy (non-hydrogen) atoms. The van der Waals surface area contributed by atoms with Crippen LogP contribution in [0, 0.1) is 33.5 Å². The molecule has 0 aliphatic heterocycles. The van der Waals surface area contributed by atoms with Gasteiger partial charge in [0.15, 0.2) is 0 Å². The van der Waals surface area contributed by atoms with Gasteiger partial charge in [0.25, 0.3) is 0 Å². The second-order valence-corrected chi connectivity index (χ2v) is 13.1. The molecule has 0 aliphatic carbocycles. The van der Waals surface area contributed by atoms with Gasteiger partial charge in [-0.15, -0.1) is 0 Å². The van der Waals surface area contributed by atoms with Crippen molar-refractivity contribution < 1.29 is 9.90 Å². The zero-order valence-electron chi connectivity index (χ0n) is 28.0. The molecular formula is C37H66O2. The molecule has 0 spiro atoms. The topological polar surface area (TPSA) is 37.3 Å². The van der Waals surface area contributed by atoms with Gasteiger partial charge < -0.3 is 5.11 Å². The summed E-state index contributed by atoms with van der Waals surface area (Å²) >= 11 is 0. The molecule has 2 heteroatoms. The van der Waals surface area contributed by atoms with Crippen molar-refractivity contribution in [1.82, 2.24) is 0 Å². The van der Waals surface area contributed by atoms with E-state index >= 15 is 0 Å². The number of rotatable bonds is 20. The normalized spacial score (nSPS) is 15.0. The van der Waals surface area contributed by atoms with E-state index in [9.17, 15) is 9.90 Å². The van der Waals surface area contributed by atoms with Gasteiger partial charge in [-0.2, -0.15) is 0 Å². The lowest BCUT2D eigenvalue weighted by molar-refractivity contribution is -0.160. The highest BCUT2D eigenvalue weighted by Gasteiger charge is 2.57. The van der Waals surface area contributed by atoms with Crippen LogP contribution in [0.4, 0.5) is 0 Å². The lowest BCUT2D eigenvalue weighted by atomic mass is 9.46. The van der Waals surface area contributed by atoms with Gasteiger partial charge in [0.05, 0.1) is 5.92 Å². The number of carboxylic acids is 1. The van der Waals surface area contributed by atoms with E-state index in [1.54, 1.807) is 0 Å². The number of carbonyl (C=O) groups is 1. The highest BCUT2D eigenvalue weighted by atomic mass is 16.4. The summed E-state index contributed by atoms with van der Waals surface area (Å²) in [4.78, 5) is 13.3. The van der Waals surface area contributed by atoms with E-state index in [0.29, 0.717) is 11.8 Å². The quantitative estimate of drug-likeness (QED) is 0.178. The second kappa shape index (κ2) is 15.6. The zero-order valence-corrected chi connectivity index (χ0v) is 28.0. The summed E-state index contributed by atoms with van der Waals surface area (Å²) in [7, 11) is 0. The van der Waals surface area contributed by atoms with Crippen LogP contribution in [0.3, 0.4) is 0 Å². The maximum Gasteiger partial charge on any atom is 0.307 e. The number of hydrogen-bond donors (Lipinski definition) is 1.